The van der Waals surface area contributed by atoms with Gasteiger partial charge in [-0.1, -0.05) is 38.8 Å². The van der Waals surface area contributed by atoms with E-state index in [0.29, 0.717) is 10.8 Å². The van der Waals surface area contributed by atoms with Gasteiger partial charge in [0.15, 0.2) is 0 Å². The summed E-state index contributed by atoms with van der Waals surface area (Å²) >= 11 is 0. The first-order chi connectivity index (χ1) is 7.44. The molecule has 2 unspecified atom stereocenters. The van der Waals surface area contributed by atoms with Crippen molar-refractivity contribution in [3.8, 4) is 0 Å². The maximum atomic E-state index is 2.58. The predicted octanol–water partition coefficient (Wildman–Crippen LogP) is 4.81. The fourth-order valence-electron chi connectivity index (χ4n) is 5.33. The second kappa shape index (κ2) is 3.15. The Morgan fingerprint density at radius 1 is 1.19 bits per heavy atom. The molecule has 90 valence electrons. The Hall–Kier alpha value is -0.260. The van der Waals surface area contributed by atoms with Gasteiger partial charge in [-0.2, -0.15) is 0 Å². The van der Waals surface area contributed by atoms with Crippen LogP contribution in [0.15, 0.2) is 11.6 Å². The predicted molar refractivity (Wildman–Crippen MR) is 69.2 cm³/mol. The number of hydrogen-bond donors (Lipinski definition) is 0. The van der Waals surface area contributed by atoms with Crippen LogP contribution in [-0.2, 0) is 0 Å². The van der Waals surface area contributed by atoms with Gasteiger partial charge in [-0.3, -0.25) is 0 Å². The third kappa shape index (κ3) is 1.28. The van der Waals surface area contributed by atoms with Gasteiger partial charge < -0.3 is 0 Å². The first kappa shape index (κ1) is 10.9. The molecule has 0 N–H and O–H groups in total. The molecule has 2 fully saturated rings. The van der Waals surface area contributed by atoms with Crippen LogP contribution in [0.1, 0.15) is 59.8 Å². The molecule has 0 aromatic rings. The molecule has 3 rings (SSSR count). The van der Waals surface area contributed by atoms with Gasteiger partial charge in [-0.05, 0) is 61.2 Å². The van der Waals surface area contributed by atoms with Crippen molar-refractivity contribution in [2.45, 2.75) is 59.8 Å². The van der Waals surface area contributed by atoms with Crippen LogP contribution in [0.25, 0.3) is 0 Å². The van der Waals surface area contributed by atoms with Crippen LogP contribution < -0.4 is 0 Å². The fraction of sp³-hybridized carbons (Fsp3) is 0.875. The Morgan fingerprint density at radius 2 is 1.94 bits per heavy atom. The van der Waals surface area contributed by atoms with E-state index in [4.69, 9.17) is 0 Å². The summed E-state index contributed by atoms with van der Waals surface area (Å²) in [7, 11) is 0. The summed E-state index contributed by atoms with van der Waals surface area (Å²) < 4.78 is 0. The van der Waals surface area contributed by atoms with Crippen molar-refractivity contribution >= 4 is 0 Å². The van der Waals surface area contributed by atoms with Gasteiger partial charge in [0.05, 0.1) is 0 Å². The summed E-state index contributed by atoms with van der Waals surface area (Å²) in [5.41, 5.74) is 2.95. The molecule has 0 heteroatoms. The van der Waals surface area contributed by atoms with Crippen molar-refractivity contribution in [3.05, 3.63) is 11.6 Å². The Labute approximate surface area is 101 Å². The minimum Gasteiger partial charge on any atom is -0.0850 e. The SMILES string of the molecule is CC1=CCC2C3[C@@H]1C[C@]2(C)CCCC3(C)C. The molecule has 0 saturated heterocycles. The van der Waals surface area contributed by atoms with E-state index in [1.165, 1.54) is 32.1 Å². The fourth-order valence-corrected chi connectivity index (χ4v) is 5.33. The van der Waals surface area contributed by atoms with E-state index in [-0.39, 0.29) is 0 Å². The molecule has 2 saturated carbocycles. The van der Waals surface area contributed by atoms with Crippen LogP contribution in [0, 0.1) is 28.6 Å². The molecule has 0 aromatic carbocycles. The van der Waals surface area contributed by atoms with Gasteiger partial charge in [-0.15, -0.1) is 0 Å². The van der Waals surface area contributed by atoms with Crippen LogP contribution in [0.2, 0.25) is 0 Å². The molecule has 16 heavy (non-hydrogen) atoms. The summed E-state index contributed by atoms with van der Waals surface area (Å²) in [4.78, 5) is 0. The Kier molecular flexibility index (Phi) is 2.14. The van der Waals surface area contributed by atoms with Gasteiger partial charge in [0, 0.05) is 0 Å². The lowest BCUT2D eigenvalue weighted by Crippen LogP contribution is -2.34. The Balaban J connectivity index is 2.07. The molecule has 0 aromatic heterocycles. The minimum absolute atomic E-state index is 0.582. The highest BCUT2D eigenvalue weighted by atomic mass is 14.6. The van der Waals surface area contributed by atoms with Crippen LogP contribution in [0.3, 0.4) is 0 Å². The van der Waals surface area contributed by atoms with E-state index in [1.807, 2.05) is 0 Å². The second-order valence-corrected chi connectivity index (χ2v) is 7.62. The van der Waals surface area contributed by atoms with E-state index in [1.54, 1.807) is 5.57 Å². The molecule has 0 spiro atoms. The summed E-state index contributed by atoms with van der Waals surface area (Å²) in [5.74, 6) is 2.88. The van der Waals surface area contributed by atoms with Crippen molar-refractivity contribution in [3.63, 3.8) is 0 Å². The molecule has 0 aliphatic heterocycles. The number of allylic oxidation sites excluding steroid dienone is 2. The van der Waals surface area contributed by atoms with E-state index in [9.17, 15) is 0 Å². The Bertz CT molecular complexity index is 336. The number of rotatable bonds is 0. The summed E-state index contributed by atoms with van der Waals surface area (Å²) in [6, 6.07) is 0. The minimum atomic E-state index is 0.582. The molecule has 3 aliphatic carbocycles. The molecule has 0 nitrogen and oxygen atoms in total. The lowest BCUT2D eigenvalue weighted by Gasteiger charge is -2.42. The average molecular weight is 218 g/mol. The largest absolute Gasteiger partial charge is 0.0850 e. The van der Waals surface area contributed by atoms with E-state index in [0.717, 1.165) is 17.8 Å². The highest BCUT2D eigenvalue weighted by molar-refractivity contribution is 5.21. The summed E-state index contributed by atoms with van der Waals surface area (Å²) in [6.07, 6.45) is 9.80. The zero-order valence-corrected chi connectivity index (χ0v) is 11.3. The van der Waals surface area contributed by atoms with Crippen LogP contribution in [-0.4, -0.2) is 0 Å². The maximum absolute atomic E-state index is 2.58. The quantitative estimate of drug-likeness (QED) is 0.512. The lowest BCUT2D eigenvalue weighted by atomic mass is 9.63. The van der Waals surface area contributed by atoms with Gasteiger partial charge >= 0.3 is 0 Å². The van der Waals surface area contributed by atoms with Gasteiger partial charge in [-0.25, -0.2) is 0 Å². The molecule has 3 aliphatic rings. The molecule has 0 heterocycles. The summed E-state index contributed by atoms with van der Waals surface area (Å²) in [6.45, 7) is 10.0. The molecule has 0 radical (unpaired) electrons. The first-order valence-corrected chi connectivity index (χ1v) is 7.11. The van der Waals surface area contributed by atoms with Gasteiger partial charge in [0.1, 0.15) is 0 Å². The molecule has 0 amide bonds. The van der Waals surface area contributed by atoms with E-state index < -0.39 is 0 Å². The maximum Gasteiger partial charge on any atom is -0.0164 e. The standard InChI is InChI=1S/C16H26/c1-11-6-7-13-14-12(11)10-16(13,4)9-5-8-15(14,2)3/h6,12-14H,5,7-10H2,1-4H3/t12-,13?,14?,16+/m1/s1. The zero-order chi connectivity index (χ0) is 11.6. The van der Waals surface area contributed by atoms with E-state index >= 15 is 0 Å². The highest BCUT2D eigenvalue weighted by Gasteiger charge is 2.57. The molecular formula is C16H26. The van der Waals surface area contributed by atoms with Crippen molar-refractivity contribution in [2.24, 2.45) is 28.6 Å². The molecular weight excluding hydrogens is 192 g/mol. The topological polar surface area (TPSA) is 0 Å². The third-order valence-corrected chi connectivity index (χ3v) is 6.20. The van der Waals surface area contributed by atoms with Crippen molar-refractivity contribution in [2.75, 3.05) is 0 Å². The highest BCUT2D eigenvalue weighted by Crippen LogP contribution is 2.66. The van der Waals surface area contributed by atoms with Crippen LogP contribution in [0.4, 0.5) is 0 Å². The normalized spacial score (nSPS) is 49.8. The summed E-state index contributed by atoms with van der Waals surface area (Å²) in [5, 5.41) is 0. The first-order valence-electron chi connectivity index (χ1n) is 7.11. The van der Waals surface area contributed by atoms with E-state index in [2.05, 4.69) is 33.8 Å². The monoisotopic (exact) mass is 218 g/mol. The average Bonchev–Trinajstić information content (AvgIpc) is 2.35. The second-order valence-electron chi connectivity index (χ2n) is 7.62. The zero-order valence-electron chi connectivity index (χ0n) is 11.3. The Morgan fingerprint density at radius 3 is 2.69 bits per heavy atom. The van der Waals surface area contributed by atoms with Crippen molar-refractivity contribution in [1.82, 2.24) is 0 Å². The van der Waals surface area contributed by atoms with Crippen molar-refractivity contribution < 1.29 is 0 Å². The van der Waals surface area contributed by atoms with Gasteiger partial charge in [0.2, 0.25) is 0 Å². The van der Waals surface area contributed by atoms with Crippen molar-refractivity contribution in [1.29, 1.82) is 0 Å². The third-order valence-electron chi connectivity index (χ3n) is 6.20. The molecule has 4 atom stereocenters. The molecule has 4 bridgehead atoms. The van der Waals surface area contributed by atoms with Gasteiger partial charge in [0.25, 0.3) is 0 Å². The van der Waals surface area contributed by atoms with Crippen LogP contribution in [0.5, 0.6) is 0 Å². The van der Waals surface area contributed by atoms with Crippen LogP contribution >= 0.6 is 0 Å². The number of hydrogen-bond acceptors (Lipinski definition) is 0. The smallest absolute Gasteiger partial charge is 0.0164 e. The lowest BCUT2D eigenvalue weighted by molar-refractivity contribution is 0.106.